The second kappa shape index (κ2) is 21.0. The van der Waals surface area contributed by atoms with Crippen molar-refractivity contribution in [1.29, 1.82) is 0 Å². The number of carbonyl (C=O) groups excluding carboxylic acids is 7. The number of amides is 6. The smallest absolute Gasteiger partial charge is 0.407 e. The minimum absolute atomic E-state index is 0.0857. The topological polar surface area (TPSA) is 193 Å². The Morgan fingerprint density at radius 1 is 0.927 bits per heavy atom. The second-order valence-electron chi connectivity index (χ2n) is 16.1. The van der Waals surface area contributed by atoms with E-state index in [1.54, 1.807) is 51.4 Å². The van der Waals surface area contributed by atoms with Crippen molar-refractivity contribution in [2.45, 2.75) is 129 Å². The molecule has 5 atom stereocenters. The molecule has 15 heteroatoms. The third-order valence-corrected chi connectivity index (χ3v) is 9.55. The Morgan fingerprint density at radius 3 is 2.16 bits per heavy atom. The van der Waals surface area contributed by atoms with E-state index in [0.29, 0.717) is 12.0 Å². The van der Waals surface area contributed by atoms with Crippen molar-refractivity contribution in [2.24, 2.45) is 11.8 Å². The maximum atomic E-state index is 14.4. The van der Waals surface area contributed by atoms with Gasteiger partial charge in [0.25, 0.3) is 5.91 Å². The van der Waals surface area contributed by atoms with Crippen molar-refractivity contribution in [3.05, 3.63) is 35.9 Å². The largest absolute Gasteiger partial charge is 0.449 e. The predicted octanol–water partition coefficient (Wildman–Crippen LogP) is 3.02. The van der Waals surface area contributed by atoms with Gasteiger partial charge in [0.05, 0.1) is 30.9 Å². The summed E-state index contributed by atoms with van der Waals surface area (Å²) in [4.78, 5) is 96.4. The van der Waals surface area contributed by atoms with E-state index >= 15 is 0 Å². The molecule has 1 saturated carbocycles. The second-order valence-corrected chi connectivity index (χ2v) is 16.1. The van der Waals surface area contributed by atoms with Gasteiger partial charge in [0.2, 0.25) is 29.4 Å². The lowest BCUT2D eigenvalue weighted by Gasteiger charge is -2.34. The molecule has 306 valence electrons. The first-order valence-electron chi connectivity index (χ1n) is 19.5. The van der Waals surface area contributed by atoms with Crippen molar-refractivity contribution < 1.29 is 43.0 Å². The van der Waals surface area contributed by atoms with Crippen molar-refractivity contribution in [3.8, 4) is 0 Å². The number of likely N-dealkylation sites (tertiary alicyclic amines) is 1. The fourth-order valence-electron chi connectivity index (χ4n) is 6.95. The Labute approximate surface area is 325 Å². The van der Waals surface area contributed by atoms with Gasteiger partial charge in [-0.15, -0.1) is 0 Å². The lowest BCUT2D eigenvalue weighted by Crippen LogP contribution is -2.58. The highest BCUT2D eigenvalue weighted by atomic mass is 16.5. The first-order valence-corrected chi connectivity index (χ1v) is 19.5. The zero-order valence-corrected chi connectivity index (χ0v) is 33.8. The molecular weight excluding hydrogens is 708 g/mol. The van der Waals surface area contributed by atoms with E-state index in [1.807, 2.05) is 34.6 Å². The van der Waals surface area contributed by atoms with Crippen LogP contribution < -0.4 is 21.3 Å². The normalized spacial score (nSPS) is 19.1. The number of ether oxygens (including phenoxy) is 2. The summed E-state index contributed by atoms with van der Waals surface area (Å²) in [5.74, 6) is -4.24. The molecule has 2 fully saturated rings. The SMILES string of the molecule is CCCC(NC(=O)[C@@H]1C[C@H](OC(C)(C)C)CN1C(=O)[C@@H](NC(=O)OCC(C)C)C1CCCCC1)C(=O)C(=O)NCC(=O)N[C@H](C(=O)N(C)C)c1ccccc1. The highest BCUT2D eigenvalue weighted by Gasteiger charge is 2.46. The Bertz CT molecular complexity index is 1490. The van der Waals surface area contributed by atoms with Gasteiger partial charge >= 0.3 is 6.09 Å². The molecule has 4 N–H and O–H groups in total. The van der Waals surface area contributed by atoms with E-state index in [0.717, 1.165) is 32.1 Å². The van der Waals surface area contributed by atoms with Crippen LogP contribution in [0.25, 0.3) is 0 Å². The van der Waals surface area contributed by atoms with Crippen LogP contribution in [0.15, 0.2) is 30.3 Å². The fourth-order valence-corrected chi connectivity index (χ4v) is 6.95. The number of ketones is 1. The standard InChI is InChI=1S/C40H62N6O9/c1-9-16-29(34(48)36(50)41-22-31(47)43-32(37(51)45(7)8)26-17-12-10-13-18-26)42-35(49)30-21-28(55-40(4,5)6)23-46(30)38(52)33(27-19-14-11-15-20-27)44-39(53)54-24-25(2)3/h10,12-13,17-18,25,27-30,32-33H,9,11,14-16,19-24H2,1-8H3,(H,41,50)(H,42,49)(H,43,47)(H,44,53)/t28-,29?,30-,32-,33-/m0/s1. The van der Waals surface area contributed by atoms with Gasteiger partial charge in [-0.25, -0.2) is 4.79 Å². The molecule has 0 aromatic heterocycles. The number of alkyl carbamates (subject to hydrolysis) is 1. The summed E-state index contributed by atoms with van der Waals surface area (Å²) in [5, 5.41) is 10.5. The van der Waals surface area contributed by atoms with Crippen LogP contribution in [-0.4, -0.2) is 115 Å². The molecule has 0 spiro atoms. The molecule has 2 aliphatic rings. The Kier molecular flexibility index (Phi) is 17.1. The summed E-state index contributed by atoms with van der Waals surface area (Å²) in [6.45, 7) is 10.9. The number of carbonyl (C=O) groups is 7. The van der Waals surface area contributed by atoms with Crippen molar-refractivity contribution in [2.75, 3.05) is 33.8 Å². The average Bonchev–Trinajstić information content (AvgIpc) is 3.56. The molecule has 55 heavy (non-hydrogen) atoms. The molecule has 0 radical (unpaired) electrons. The lowest BCUT2D eigenvalue weighted by atomic mass is 9.83. The van der Waals surface area contributed by atoms with Crippen LogP contribution in [-0.2, 0) is 38.2 Å². The number of hydrogen-bond donors (Lipinski definition) is 4. The van der Waals surface area contributed by atoms with Crippen LogP contribution in [0.1, 0.15) is 105 Å². The molecule has 1 aromatic carbocycles. The minimum atomic E-state index is -1.24. The summed E-state index contributed by atoms with van der Waals surface area (Å²) >= 11 is 0. The van der Waals surface area contributed by atoms with Gasteiger partial charge in [-0.2, -0.15) is 0 Å². The monoisotopic (exact) mass is 770 g/mol. The first kappa shape index (κ1) is 44.9. The number of rotatable bonds is 17. The van der Waals surface area contributed by atoms with Crippen molar-refractivity contribution in [3.63, 3.8) is 0 Å². The maximum Gasteiger partial charge on any atom is 0.407 e. The van der Waals surface area contributed by atoms with E-state index < -0.39 is 77.9 Å². The van der Waals surface area contributed by atoms with Crippen LogP contribution in [0.3, 0.4) is 0 Å². The van der Waals surface area contributed by atoms with E-state index in [2.05, 4.69) is 21.3 Å². The molecule has 1 aliphatic carbocycles. The molecule has 15 nitrogen and oxygen atoms in total. The van der Waals surface area contributed by atoms with E-state index in [4.69, 9.17) is 9.47 Å². The number of nitrogens with zero attached hydrogens (tertiary/aromatic N) is 2. The molecule has 1 heterocycles. The maximum absolute atomic E-state index is 14.4. The summed E-state index contributed by atoms with van der Waals surface area (Å²) in [6, 6.07) is 4.39. The van der Waals surface area contributed by atoms with Gasteiger partial charge in [0, 0.05) is 27.1 Å². The summed E-state index contributed by atoms with van der Waals surface area (Å²) in [6.07, 6.45) is 3.78. The third-order valence-electron chi connectivity index (χ3n) is 9.55. The van der Waals surface area contributed by atoms with Crippen LogP contribution in [0, 0.1) is 11.8 Å². The summed E-state index contributed by atoms with van der Waals surface area (Å²) in [7, 11) is 3.12. The molecule has 1 aliphatic heterocycles. The van der Waals surface area contributed by atoms with E-state index in [9.17, 15) is 33.6 Å². The van der Waals surface area contributed by atoms with Gasteiger partial charge in [-0.3, -0.25) is 28.8 Å². The summed E-state index contributed by atoms with van der Waals surface area (Å²) < 4.78 is 11.6. The zero-order valence-electron chi connectivity index (χ0n) is 33.8. The first-order chi connectivity index (χ1) is 25.9. The number of nitrogens with one attached hydrogen (secondary N) is 4. The number of hydrogen-bond acceptors (Lipinski definition) is 9. The highest BCUT2D eigenvalue weighted by molar-refractivity contribution is 6.38. The average molecular weight is 771 g/mol. The van der Waals surface area contributed by atoms with Gasteiger partial charge in [0.1, 0.15) is 18.1 Å². The van der Waals surface area contributed by atoms with E-state index in [1.165, 1.54) is 9.80 Å². The zero-order chi connectivity index (χ0) is 40.9. The van der Waals surface area contributed by atoms with Crippen LogP contribution in [0.4, 0.5) is 4.79 Å². The van der Waals surface area contributed by atoms with E-state index in [-0.39, 0.29) is 43.7 Å². The molecule has 6 amide bonds. The van der Waals surface area contributed by atoms with Crippen LogP contribution >= 0.6 is 0 Å². The Hall–Kier alpha value is -4.53. The minimum Gasteiger partial charge on any atom is -0.449 e. The highest BCUT2D eigenvalue weighted by Crippen LogP contribution is 2.31. The van der Waals surface area contributed by atoms with Gasteiger partial charge in [0.15, 0.2) is 0 Å². The third kappa shape index (κ3) is 13.9. The number of benzene rings is 1. The van der Waals surface area contributed by atoms with Gasteiger partial charge in [-0.05, 0) is 57.4 Å². The van der Waals surface area contributed by atoms with Crippen molar-refractivity contribution >= 4 is 41.4 Å². The summed E-state index contributed by atoms with van der Waals surface area (Å²) in [5.41, 5.74) is -0.0394. The fraction of sp³-hybridized carbons (Fsp3) is 0.675. The number of Topliss-reactive ketones (excluding diaryl/α,β-unsaturated/α-hetero) is 1. The molecule has 0 bridgehead atoms. The van der Waals surface area contributed by atoms with Crippen LogP contribution in [0.2, 0.25) is 0 Å². The van der Waals surface area contributed by atoms with Gasteiger partial charge < -0.3 is 40.5 Å². The number of likely N-dealkylation sites (N-methyl/N-ethyl adjacent to an activating group) is 1. The molecule has 1 aromatic rings. The molecule has 3 rings (SSSR count). The Morgan fingerprint density at radius 2 is 1.58 bits per heavy atom. The molecular formula is C40H62N6O9. The molecule has 1 saturated heterocycles. The van der Waals surface area contributed by atoms with Gasteiger partial charge in [-0.1, -0.05) is 76.8 Å². The Balaban J connectivity index is 1.76. The lowest BCUT2D eigenvalue weighted by molar-refractivity contribution is -0.143. The van der Waals surface area contributed by atoms with Crippen molar-refractivity contribution in [1.82, 2.24) is 31.1 Å². The predicted molar refractivity (Wildman–Crippen MR) is 205 cm³/mol. The molecule has 1 unspecified atom stereocenters. The quantitative estimate of drug-likeness (QED) is 0.173. The van der Waals surface area contributed by atoms with Crippen LogP contribution in [0.5, 0.6) is 0 Å².